The lowest BCUT2D eigenvalue weighted by molar-refractivity contribution is 0.0784. The summed E-state index contributed by atoms with van der Waals surface area (Å²) >= 11 is 0. The number of hydrogen-bond acceptors (Lipinski definition) is 2. The van der Waals surface area contributed by atoms with Crippen molar-refractivity contribution >= 4 is 0 Å². The summed E-state index contributed by atoms with van der Waals surface area (Å²) in [6.07, 6.45) is 4.88. The van der Waals surface area contributed by atoms with Gasteiger partial charge in [-0.1, -0.05) is 32.4 Å². The topological polar surface area (TPSA) is 12.5 Å². The highest BCUT2D eigenvalue weighted by Gasteiger charge is 2.23. The van der Waals surface area contributed by atoms with E-state index in [1.807, 2.05) is 7.05 Å². The van der Waals surface area contributed by atoms with Crippen molar-refractivity contribution < 1.29 is 9.13 Å². The number of hydrogen-bond donors (Lipinski definition) is 0. The molecule has 2 atom stereocenters. The predicted octanol–water partition coefficient (Wildman–Crippen LogP) is 3.41. The van der Waals surface area contributed by atoms with Crippen LogP contribution < -0.4 is 0 Å². The fourth-order valence-electron chi connectivity index (χ4n) is 1.86. The van der Waals surface area contributed by atoms with E-state index in [0.29, 0.717) is 6.54 Å². The summed E-state index contributed by atoms with van der Waals surface area (Å²) in [5.41, 5.74) is 0. The first-order valence-electron chi connectivity index (χ1n) is 6.25. The minimum atomic E-state index is -0.334. The third-order valence-corrected chi connectivity index (χ3v) is 2.96. The van der Waals surface area contributed by atoms with E-state index in [2.05, 4.69) is 25.0 Å². The highest BCUT2D eigenvalue weighted by molar-refractivity contribution is 5.01. The molecule has 0 rings (SSSR count). The van der Waals surface area contributed by atoms with Gasteiger partial charge >= 0.3 is 0 Å². The lowest BCUT2D eigenvalue weighted by Crippen LogP contribution is -2.34. The van der Waals surface area contributed by atoms with Crippen molar-refractivity contribution in [1.82, 2.24) is 4.90 Å². The first-order chi connectivity index (χ1) is 8.06. The summed E-state index contributed by atoms with van der Waals surface area (Å²) in [6, 6.07) is 0. The van der Waals surface area contributed by atoms with Crippen LogP contribution in [0.1, 0.15) is 26.2 Å². The van der Waals surface area contributed by atoms with E-state index in [-0.39, 0.29) is 17.8 Å². The number of ether oxygens (including phenoxy) is 1. The Balaban J connectivity index is 4.24. The predicted molar refractivity (Wildman–Crippen MR) is 71.8 cm³/mol. The van der Waals surface area contributed by atoms with Crippen LogP contribution in [0.2, 0.25) is 0 Å². The highest BCUT2D eigenvalue weighted by Crippen LogP contribution is 2.19. The van der Waals surface area contributed by atoms with Gasteiger partial charge in [0.25, 0.3) is 0 Å². The van der Waals surface area contributed by atoms with Crippen LogP contribution in [0.25, 0.3) is 0 Å². The van der Waals surface area contributed by atoms with Crippen molar-refractivity contribution in [3.8, 4) is 0 Å². The van der Waals surface area contributed by atoms with E-state index in [4.69, 9.17) is 4.74 Å². The molecule has 0 N–H and O–H groups in total. The van der Waals surface area contributed by atoms with E-state index in [0.717, 1.165) is 13.0 Å². The van der Waals surface area contributed by atoms with Gasteiger partial charge in [-0.15, -0.1) is 6.58 Å². The van der Waals surface area contributed by atoms with Gasteiger partial charge < -0.3 is 9.64 Å². The van der Waals surface area contributed by atoms with Gasteiger partial charge in [0.1, 0.15) is 5.83 Å². The Labute approximate surface area is 105 Å². The van der Waals surface area contributed by atoms with E-state index in [1.54, 1.807) is 13.2 Å². The van der Waals surface area contributed by atoms with Gasteiger partial charge in [-0.2, -0.15) is 0 Å². The van der Waals surface area contributed by atoms with Crippen LogP contribution in [-0.2, 0) is 4.74 Å². The van der Waals surface area contributed by atoms with Gasteiger partial charge in [0.15, 0.2) is 0 Å². The molecule has 0 aromatic rings. The van der Waals surface area contributed by atoms with Crippen LogP contribution in [0.4, 0.5) is 4.39 Å². The summed E-state index contributed by atoms with van der Waals surface area (Å²) in [4.78, 5) is 2.13. The molecule has 0 heterocycles. The fourth-order valence-corrected chi connectivity index (χ4v) is 1.86. The van der Waals surface area contributed by atoms with Crippen molar-refractivity contribution in [2.45, 2.75) is 32.3 Å². The maximum Gasteiger partial charge on any atom is 0.100 e. The Morgan fingerprint density at radius 1 is 1.47 bits per heavy atom. The summed E-state index contributed by atoms with van der Waals surface area (Å²) in [7, 11) is 3.57. The van der Waals surface area contributed by atoms with Crippen LogP contribution in [0, 0.1) is 5.92 Å². The molecule has 2 unspecified atom stereocenters. The van der Waals surface area contributed by atoms with Crippen LogP contribution in [0.5, 0.6) is 0 Å². The number of halogens is 1. The molecule has 2 nitrogen and oxygen atoms in total. The monoisotopic (exact) mass is 243 g/mol. The number of methoxy groups -OCH3 is 1. The molecule has 3 heteroatoms. The third-order valence-electron chi connectivity index (χ3n) is 2.96. The first kappa shape index (κ1) is 16.3. The zero-order valence-electron chi connectivity index (χ0n) is 11.4. The normalized spacial score (nSPS) is 14.6. The van der Waals surface area contributed by atoms with Crippen molar-refractivity contribution in [1.29, 1.82) is 0 Å². The summed E-state index contributed by atoms with van der Waals surface area (Å²) in [6.45, 7) is 10.8. The lowest BCUT2D eigenvalue weighted by atomic mass is 10.0. The largest absolute Gasteiger partial charge is 0.377 e. The van der Waals surface area contributed by atoms with E-state index < -0.39 is 0 Å². The minimum absolute atomic E-state index is 0.305. The molecule has 0 saturated carbocycles. The van der Waals surface area contributed by atoms with Crippen LogP contribution in [-0.4, -0.2) is 38.3 Å². The molecule has 0 aliphatic heterocycles. The molecular weight excluding hydrogens is 217 g/mol. The van der Waals surface area contributed by atoms with Gasteiger partial charge in [-0.3, -0.25) is 0 Å². The molecule has 0 saturated heterocycles. The first-order valence-corrected chi connectivity index (χ1v) is 6.25. The molecule has 100 valence electrons. The van der Waals surface area contributed by atoms with Crippen LogP contribution in [0.3, 0.4) is 0 Å². The Hall–Kier alpha value is -0.670. The van der Waals surface area contributed by atoms with Crippen molar-refractivity contribution in [2.24, 2.45) is 5.92 Å². The Bertz CT molecular complexity index is 230. The Morgan fingerprint density at radius 3 is 2.53 bits per heavy atom. The zero-order valence-corrected chi connectivity index (χ0v) is 11.4. The third kappa shape index (κ3) is 6.59. The molecule has 0 fully saturated rings. The van der Waals surface area contributed by atoms with E-state index >= 15 is 0 Å². The van der Waals surface area contributed by atoms with Crippen molar-refractivity contribution in [2.75, 3.05) is 27.2 Å². The standard InChI is InChI=1S/C14H26FNO/c1-6-8-9-10-16(4)11-13(12(3)15)14(7-2)17-5/h7,13-14H,2-3,6,8-11H2,1,4-5H3. The molecule has 0 aromatic carbocycles. The highest BCUT2D eigenvalue weighted by atomic mass is 19.1. The maximum atomic E-state index is 13.4. The number of nitrogens with zero attached hydrogens (tertiary/aromatic N) is 1. The Kier molecular flexibility index (Phi) is 9.00. The second-order valence-corrected chi connectivity index (χ2v) is 4.46. The summed E-state index contributed by atoms with van der Waals surface area (Å²) < 4.78 is 18.6. The quantitative estimate of drug-likeness (QED) is 0.430. The summed E-state index contributed by atoms with van der Waals surface area (Å²) in [5.74, 6) is -0.664. The molecule has 0 radical (unpaired) electrons. The van der Waals surface area contributed by atoms with Crippen molar-refractivity contribution in [3.05, 3.63) is 25.1 Å². The molecule has 0 aliphatic rings. The summed E-state index contributed by atoms with van der Waals surface area (Å²) in [5, 5.41) is 0. The second kappa shape index (κ2) is 9.37. The zero-order chi connectivity index (χ0) is 13.3. The fraction of sp³-hybridized carbons (Fsp3) is 0.714. The van der Waals surface area contributed by atoms with E-state index in [1.165, 1.54) is 12.8 Å². The average molecular weight is 243 g/mol. The van der Waals surface area contributed by atoms with Crippen LogP contribution >= 0.6 is 0 Å². The Morgan fingerprint density at radius 2 is 2.12 bits per heavy atom. The average Bonchev–Trinajstić information content (AvgIpc) is 2.29. The molecular formula is C14H26FNO. The molecule has 17 heavy (non-hydrogen) atoms. The molecule has 0 amide bonds. The lowest BCUT2D eigenvalue weighted by Gasteiger charge is -2.27. The number of rotatable bonds is 10. The molecule has 0 aromatic heterocycles. The SMILES string of the molecule is C=CC(OC)C(CN(C)CCCCC)C(=C)F. The second-order valence-electron chi connectivity index (χ2n) is 4.46. The van der Waals surface area contributed by atoms with E-state index in [9.17, 15) is 4.39 Å². The van der Waals surface area contributed by atoms with Gasteiger partial charge in [0.05, 0.1) is 12.0 Å². The number of unbranched alkanes of at least 4 members (excludes halogenated alkanes) is 2. The van der Waals surface area contributed by atoms with Crippen molar-refractivity contribution in [3.63, 3.8) is 0 Å². The van der Waals surface area contributed by atoms with Gasteiger partial charge in [0.2, 0.25) is 0 Å². The van der Waals surface area contributed by atoms with Gasteiger partial charge in [0, 0.05) is 13.7 Å². The molecule has 0 spiro atoms. The van der Waals surface area contributed by atoms with Gasteiger partial charge in [-0.25, -0.2) is 4.39 Å². The van der Waals surface area contributed by atoms with Crippen LogP contribution in [0.15, 0.2) is 25.1 Å². The maximum absolute atomic E-state index is 13.4. The smallest absolute Gasteiger partial charge is 0.100 e. The molecule has 0 bridgehead atoms. The molecule has 0 aliphatic carbocycles. The van der Waals surface area contributed by atoms with Gasteiger partial charge in [-0.05, 0) is 20.0 Å². The minimum Gasteiger partial charge on any atom is -0.377 e.